The number of hydrogen-bond acceptors (Lipinski definition) is 7. The van der Waals surface area contributed by atoms with Gasteiger partial charge in [0.05, 0.1) is 28.1 Å². The fraction of sp³-hybridized carbons (Fsp3) is 0.222. The van der Waals surface area contributed by atoms with Crippen LogP contribution >= 0.6 is 11.6 Å². The van der Waals surface area contributed by atoms with Gasteiger partial charge in [-0.05, 0) is 63.1 Å². The normalized spacial score (nSPS) is 12.8. The Labute approximate surface area is 235 Å². The summed E-state index contributed by atoms with van der Waals surface area (Å²) in [6.07, 6.45) is 6.78. The van der Waals surface area contributed by atoms with Crippen molar-refractivity contribution in [2.24, 2.45) is 0 Å². The topological polar surface area (TPSA) is 131 Å². The maximum Gasteiger partial charge on any atom is 0.298 e. The third kappa shape index (κ3) is 6.02. The lowest BCUT2D eigenvalue weighted by Crippen LogP contribution is -2.28. The molecule has 0 saturated heterocycles. The van der Waals surface area contributed by atoms with Crippen molar-refractivity contribution in [2.75, 3.05) is 17.1 Å². The number of carbonyl (C=O) groups is 1. The van der Waals surface area contributed by atoms with Gasteiger partial charge in [-0.2, -0.15) is 13.5 Å². The van der Waals surface area contributed by atoms with Crippen molar-refractivity contribution in [1.82, 2.24) is 14.5 Å². The van der Waals surface area contributed by atoms with Crippen LogP contribution in [-0.2, 0) is 15.0 Å². The van der Waals surface area contributed by atoms with Crippen LogP contribution in [0.15, 0.2) is 46.8 Å². The quantitative estimate of drug-likeness (QED) is 0.239. The van der Waals surface area contributed by atoms with Gasteiger partial charge in [-0.3, -0.25) is 14.3 Å². The average Bonchev–Trinajstić information content (AvgIpc) is 3.74. The number of benzene rings is 2. The second kappa shape index (κ2) is 11.5. The van der Waals surface area contributed by atoms with E-state index in [0.717, 1.165) is 0 Å². The van der Waals surface area contributed by atoms with E-state index in [-0.39, 0.29) is 57.2 Å². The molecule has 10 nitrogen and oxygen atoms in total. The van der Waals surface area contributed by atoms with Crippen molar-refractivity contribution >= 4 is 45.4 Å². The Balaban J connectivity index is 1.94. The van der Waals surface area contributed by atoms with Crippen LogP contribution in [0.25, 0.3) is 17.0 Å². The van der Waals surface area contributed by atoms with Gasteiger partial charge in [0.15, 0.2) is 5.75 Å². The summed E-state index contributed by atoms with van der Waals surface area (Å²) in [5.41, 5.74) is 1.03. The van der Waals surface area contributed by atoms with Gasteiger partial charge >= 0.3 is 0 Å². The van der Waals surface area contributed by atoms with Crippen molar-refractivity contribution in [3.8, 4) is 29.4 Å². The van der Waals surface area contributed by atoms with Crippen LogP contribution in [0.5, 0.6) is 5.75 Å². The van der Waals surface area contributed by atoms with Gasteiger partial charge in [0, 0.05) is 18.2 Å². The summed E-state index contributed by atoms with van der Waals surface area (Å²) in [7, 11) is -2.56. The highest BCUT2D eigenvalue weighted by molar-refractivity contribution is 7.90. The lowest BCUT2D eigenvalue weighted by Gasteiger charge is -2.20. The van der Waals surface area contributed by atoms with Crippen molar-refractivity contribution in [3.05, 3.63) is 74.3 Å². The molecule has 3 N–H and O–H groups in total. The molecule has 1 heterocycles. The lowest BCUT2D eigenvalue weighted by atomic mass is 10.0. The fourth-order valence-corrected chi connectivity index (χ4v) is 4.72. The number of anilines is 2. The maximum absolute atomic E-state index is 14.9. The molecule has 0 spiro atoms. The van der Waals surface area contributed by atoms with Crippen LogP contribution in [0.3, 0.4) is 0 Å². The smallest absolute Gasteiger partial charge is 0.298 e. The van der Waals surface area contributed by atoms with Crippen LogP contribution < -0.4 is 25.1 Å². The van der Waals surface area contributed by atoms with Crippen molar-refractivity contribution in [3.63, 3.8) is 0 Å². The lowest BCUT2D eigenvalue weighted by molar-refractivity contribution is -0.120. The molecule has 1 saturated carbocycles. The number of hydrogen-bond donors (Lipinski definition) is 3. The van der Waals surface area contributed by atoms with E-state index >= 15 is 0 Å². The standard InChI is InChI=1S/C27H25ClFN5O5S/c1-5-16-6-11-22(21(29)12-16)31-24(15(2)3)23-26(39-14-35)25(32-34(27(23)36)18-8-9-18)19-10-7-17(13-20(19)28)33-40(37,38)30-4/h1,6-7,10-14,18,30-31,33H,8-9H2,2-4H3. The highest BCUT2D eigenvalue weighted by atomic mass is 35.5. The molecule has 0 aliphatic heterocycles. The minimum Gasteiger partial charge on any atom is -0.425 e. The predicted molar refractivity (Wildman–Crippen MR) is 152 cm³/mol. The molecule has 2 aromatic carbocycles. The Morgan fingerprint density at radius 3 is 2.52 bits per heavy atom. The second-order valence-electron chi connectivity index (χ2n) is 9.09. The number of aromatic nitrogens is 2. The van der Waals surface area contributed by atoms with Crippen molar-refractivity contribution in [1.29, 1.82) is 0 Å². The Morgan fingerprint density at radius 2 is 1.98 bits per heavy atom. The van der Waals surface area contributed by atoms with Gasteiger partial charge < -0.3 is 10.1 Å². The number of nitrogens with one attached hydrogen (secondary N) is 3. The molecule has 1 aliphatic carbocycles. The molecular formula is C27H25ClFN5O5S. The molecule has 1 fully saturated rings. The van der Waals surface area contributed by atoms with E-state index in [4.69, 9.17) is 22.8 Å². The molecule has 13 heteroatoms. The zero-order chi connectivity index (χ0) is 29.2. The van der Waals surface area contributed by atoms with Gasteiger partial charge in [0.2, 0.25) is 0 Å². The molecule has 0 atom stereocenters. The number of rotatable bonds is 10. The number of terminal acetylenes is 1. The van der Waals surface area contributed by atoms with Crippen LogP contribution in [0, 0.1) is 18.2 Å². The first kappa shape index (κ1) is 28.8. The van der Waals surface area contributed by atoms with E-state index in [1.54, 1.807) is 19.9 Å². The fourth-order valence-electron chi connectivity index (χ4n) is 3.91. The summed E-state index contributed by atoms with van der Waals surface area (Å²) in [6, 6.07) is 8.25. The summed E-state index contributed by atoms with van der Waals surface area (Å²) in [4.78, 5) is 25.4. The average molecular weight is 586 g/mol. The number of halogens is 2. The van der Waals surface area contributed by atoms with E-state index in [0.29, 0.717) is 24.0 Å². The first-order valence-corrected chi connectivity index (χ1v) is 13.8. The van der Waals surface area contributed by atoms with Crippen LogP contribution in [0.2, 0.25) is 5.02 Å². The van der Waals surface area contributed by atoms with E-state index in [2.05, 4.69) is 25.8 Å². The van der Waals surface area contributed by atoms with E-state index in [1.807, 2.05) is 0 Å². The van der Waals surface area contributed by atoms with Crippen LogP contribution in [-0.4, -0.2) is 31.7 Å². The summed E-state index contributed by atoms with van der Waals surface area (Å²) >= 11 is 6.55. The maximum atomic E-state index is 14.9. The SMILES string of the molecule is C#Cc1ccc(NC(=C(C)C)c2c(OC=O)c(-c3ccc(NS(=O)(=O)NC)cc3Cl)nn(C3CC3)c2=O)c(F)c1. The highest BCUT2D eigenvalue weighted by Gasteiger charge is 2.32. The molecule has 208 valence electrons. The first-order chi connectivity index (χ1) is 19.0. The van der Waals surface area contributed by atoms with Gasteiger partial charge in [0.25, 0.3) is 22.2 Å². The van der Waals surface area contributed by atoms with Gasteiger partial charge in [-0.1, -0.05) is 23.1 Å². The van der Waals surface area contributed by atoms with E-state index < -0.39 is 21.6 Å². The summed E-state index contributed by atoms with van der Waals surface area (Å²) in [6.45, 7) is 3.56. The third-order valence-electron chi connectivity index (χ3n) is 6.02. The number of carbonyl (C=O) groups excluding carboxylic acids is 1. The minimum atomic E-state index is -3.81. The predicted octanol–water partition coefficient (Wildman–Crippen LogP) is 4.29. The Bertz CT molecular complexity index is 1740. The van der Waals surface area contributed by atoms with Crippen LogP contribution in [0.4, 0.5) is 15.8 Å². The minimum absolute atomic E-state index is 0.0437. The molecule has 0 bridgehead atoms. The highest BCUT2D eigenvalue weighted by Crippen LogP contribution is 2.41. The summed E-state index contributed by atoms with van der Waals surface area (Å²) < 4.78 is 49.8. The summed E-state index contributed by atoms with van der Waals surface area (Å²) in [5.74, 6) is 1.51. The zero-order valence-corrected chi connectivity index (χ0v) is 23.3. The first-order valence-electron chi connectivity index (χ1n) is 12.0. The Kier molecular flexibility index (Phi) is 8.29. The molecule has 4 rings (SSSR count). The molecule has 1 aromatic heterocycles. The molecule has 3 aromatic rings. The number of ether oxygens (including phenoxy) is 1. The number of allylic oxidation sites excluding steroid dienone is 1. The van der Waals surface area contributed by atoms with Gasteiger partial charge in [-0.25, -0.2) is 13.8 Å². The van der Waals surface area contributed by atoms with E-state index in [1.165, 1.54) is 42.1 Å². The van der Waals surface area contributed by atoms with Crippen molar-refractivity contribution in [2.45, 2.75) is 32.7 Å². The third-order valence-corrected chi connectivity index (χ3v) is 7.38. The second-order valence-corrected chi connectivity index (χ2v) is 11.1. The Hall–Kier alpha value is -4.18. The van der Waals surface area contributed by atoms with Crippen molar-refractivity contribution < 1.29 is 22.3 Å². The van der Waals surface area contributed by atoms with Crippen LogP contribution in [0.1, 0.15) is 43.9 Å². The largest absolute Gasteiger partial charge is 0.425 e. The molecule has 1 aliphatic rings. The molecule has 0 amide bonds. The monoisotopic (exact) mass is 585 g/mol. The van der Waals surface area contributed by atoms with Gasteiger partial charge in [0.1, 0.15) is 17.1 Å². The Morgan fingerprint density at radius 1 is 1.25 bits per heavy atom. The molecular weight excluding hydrogens is 561 g/mol. The van der Waals surface area contributed by atoms with Gasteiger partial charge in [-0.15, -0.1) is 6.42 Å². The molecule has 0 unspecified atom stereocenters. The zero-order valence-electron chi connectivity index (χ0n) is 21.7. The number of nitrogens with zero attached hydrogens (tertiary/aromatic N) is 2. The summed E-state index contributed by atoms with van der Waals surface area (Å²) in [5, 5.41) is 7.51. The molecule has 40 heavy (non-hydrogen) atoms. The van der Waals surface area contributed by atoms with E-state index in [9.17, 15) is 22.4 Å². The molecule has 0 radical (unpaired) electrons.